The van der Waals surface area contributed by atoms with Gasteiger partial charge in [-0.3, -0.25) is 9.10 Å². The lowest BCUT2D eigenvalue weighted by Crippen LogP contribution is -2.33. The molecule has 0 aromatic heterocycles. The predicted molar refractivity (Wildman–Crippen MR) is 125 cm³/mol. The van der Waals surface area contributed by atoms with Crippen molar-refractivity contribution in [1.29, 1.82) is 0 Å². The van der Waals surface area contributed by atoms with E-state index in [4.69, 9.17) is 23.2 Å². The number of aryl methyl sites for hydroxylation is 3. The zero-order valence-corrected chi connectivity index (χ0v) is 20.2. The Hall–Kier alpha value is -1.76. The van der Waals surface area contributed by atoms with Crippen LogP contribution in [0.15, 0.2) is 30.3 Å². The van der Waals surface area contributed by atoms with Gasteiger partial charge in [0.25, 0.3) is 0 Å². The van der Waals surface area contributed by atoms with E-state index in [1.807, 2.05) is 20.8 Å². The summed E-state index contributed by atoms with van der Waals surface area (Å²) < 4.78 is 25.7. The maximum Gasteiger partial charge on any atom is 0.232 e. The predicted octanol–water partition coefficient (Wildman–Crippen LogP) is 5.34. The number of nitrogens with zero attached hydrogens (tertiary/aromatic N) is 1. The fourth-order valence-electron chi connectivity index (χ4n) is 3.37. The van der Waals surface area contributed by atoms with Crippen molar-refractivity contribution >= 4 is 44.8 Å². The third-order valence-corrected chi connectivity index (χ3v) is 6.80. The number of hydrogen-bond acceptors (Lipinski definition) is 3. The molecule has 30 heavy (non-hydrogen) atoms. The summed E-state index contributed by atoms with van der Waals surface area (Å²) in [6.45, 7) is 8.22. The van der Waals surface area contributed by atoms with Crippen LogP contribution in [0.25, 0.3) is 0 Å². The van der Waals surface area contributed by atoms with E-state index in [0.717, 1.165) is 17.4 Å². The number of nitrogens with one attached hydrogen (secondary N) is 1. The van der Waals surface area contributed by atoms with Crippen molar-refractivity contribution in [2.45, 2.75) is 46.6 Å². The van der Waals surface area contributed by atoms with Crippen LogP contribution in [0.1, 0.15) is 48.1 Å². The van der Waals surface area contributed by atoms with Crippen molar-refractivity contribution in [2.75, 3.05) is 17.1 Å². The monoisotopic (exact) mass is 470 g/mol. The van der Waals surface area contributed by atoms with Crippen LogP contribution < -0.4 is 9.62 Å². The Kier molecular flexibility index (Phi) is 8.20. The summed E-state index contributed by atoms with van der Waals surface area (Å²) in [5.41, 5.74) is 4.92. The molecule has 0 radical (unpaired) electrons. The quantitative estimate of drug-likeness (QED) is 0.565. The standard InChI is InChI=1S/C22H28Cl2N2O3S/c1-14-11-16(3)19(12-15(14)2)17(4)25-22(27)7-6-10-26(30(5,28)29)21-13-18(23)8-9-20(21)24/h8-9,11-13,17H,6-7,10H2,1-5H3,(H,25,27)/t17-/m1/s1. The van der Waals surface area contributed by atoms with Crippen LogP contribution in [0.2, 0.25) is 10.0 Å². The molecular weight excluding hydrogens is 443 g/mol. The van der Waals surface area contributed by atoms with Crippen molar-refractivity contribution in [1.82, 2.24) is 5.32 Å². The molecule has 0 aliphatic heterocycles. The van der Waals surface area contributed by atoms with Gasteiger partial charge in [-0.1, -0.05) is 35.3 Å². The van der Waals surface area contributed by atoms with Gasteiger partial charge in [-0.05, 0) is 74.6 Å². The summed E-state index contributed by atoms with van der Waals surface area (Å²) in [6, 6.07) is 8.74. The highest BCUT2D eigenvalue weighted by Crippen LogP contribution is 2.31. The minimum absolute atomic E-state index is 0.128. The largest absolute Gasteiger partial charge is 0.350 e. The molecular formula is C22H28Cl2N2O3S. The Balaban J connectivity index is 2.03. The second-order valence-electron chi connectivity index (χ2n) is 7.62. The number of benzene rings is 2. The minimum atomic E-state index is -3.58. The Morgan fingerprint density at radius 2 is 1.70 bits per heavy atom. The van der Waals surface area contributed by atoms with Gasteiger partial charge in [0, 0.05) is 18.0 Å². The highest BCUT2D eigenvalue weighted by molar-refractivity contribution is 7.92. The average Bonchev–Trinajstić information content (AvgIpc) is 2.63. The Labute approximate surface area is 189 Å². The number of carbonyl (C=O) groups is 1. The average molecular weight is 471 g/mol. The molecule has 2 rings (SSSR count). The second-order valence-corrected chi connectivity index (χ2v) is 10.4. The van der Waals surface area contributed by atoms with Gasteiger partial charge in [0.15, 0.2) is 0 Å². The van der Waals surface area contributed by atoms with Crippen molar-refractivity contribution in [2.24, 2.45) is 0 Å². The lowest BCUT2D eigenvalue weighted by atomic mass is 9.96. The van der Waals surface area contributed by atoms with Gasteiger partial charge in [0.1, 0.15) is 0 Å². The number of carbonyl (C=O) groups excluding carboxylic acids is 1. The summed E-state index contributed by atoms with van der Waals surface area (Å²) in [4.78, 5) is 12.5. The highest BCUT2D eigenvalue weighted by Gasteiger charge is 2.21. The van der Waals surface area contributed by atoms with Gasteiger partial charge in [0.05, 0.1) is 23.0 Å². The molecule has 2 aromatic carbocycles. The third-order valence-electron chi connectivity index (χ3n) is 5.07. The van der Waals surface area contributed by atoms with Crippen LogP contribution in [0.3, 0.4) is 0 Å². The van der Waals surface area contributed by atoms with Gasteiger partial charge < -0.3 is 5.32 Å². The third kappa shape index (κ3) is 6.37. The smallest absolute Gasteiger partial charge is 0.232 e. The fraction of sp³-hybridized carbons (Fsp3) is 0.409. The highest BCUT2D eigenvalue weighted by atomic mass is 35.5. The Morgan fingerprint density at radius 1 is 1.07 bits per heavy atom. The van der Waals surface area contributed by atoms with Crippen molar-refractivity contribution in [3.05, 3.63) is 62.6 Å². The van der Waals surface area contributed by atoms with Gasteiger partial charge in [-0.25, -0.2) is 8.42 Å². The van der Waals surface area contributed by atoms with Crippen LogP contribution in [0, 0.1) is 20.8 Å². The molecule has 0 bridgehead atoms. The second kappa shape index (κ2) is 10.0. The lowest BCUT2D eigenvalue weighted by Gasteiger charge is -2.24. The van der Waals surface area contributed by atoms with Crippen LogP contribution in [0.5, 0.6) is 0 Å². The van der Waals surface area contributed by atoms with Crippen LogP contribution in [0.4, 0.5) is 5.69 Å². The number of hydrogen-bond donors (Lipinski definition) is 1. The topological polar surface area (TPSA) is 66.5 Å². The van der Waals surface area contributed by atoms with E-state index in [9.17, 15) is 13.2 Å². The summed E-state index contributed by atoms with van der Waals surface area (Å²) in [5, 5.41) is 3.68. The molecule has 1 N–H and O–H groups in total. The van der Waals surface area contributed by atoms with Crippen molar-refractivity contribution in [3.63, 3.8) is 0 Å². The number of sulfonamides is 1. The van der Waals surface area contributed by atoms with E-state index in [0.29, 0.717) is 17.1 Å². The summed E-state index contributed by atoms with van der Waals surface area (Å²) >= 11 is 12.2. The summed E-state index contributed by atoms with van der Waals surface area (Å²) in [7, 11) is -3.58. The van der Waals surface area contributed by atoms with Gasteiger partial charge in [0.2, 0.25) is 15.9 Å². The zero-order valence-electron chi connectivity index (χ0n) is 17.9. The Bertz CT molecular complexity index is 1040. The normalized spacial score (nSPS) is 12.5. The number of anilines is 1. The van der Waals surface area contributed by atoms with Crippen molar-refractivity contribution < 1.29 is 13.2 Å². The fourth-order valence-corrected chi connectivity index (χ4v) is 4.77. The number of rotatable bonds is 8. The molecule has 5 nitrogen and oxygen atoms in total. The van der Waals surface area contributed by atoms with Gasteiger partial charge in [-0.15, -0.1) is 0 Å². The van der Waals surface area contributed by atoms with Crippen molar-refractivity contribution in [3.8, 4) is 0 Å². The number of halogens is 2. The molecule has 2 aromatic rings. The maximum absolute atomic E-state index is 12.5. The first-order chi connectivity index (χ1) is 13.9. The van der Waals surface area contributed by atoms with Crippen LogP contribution >= 0.6 is 23.2 Å². The minimum Gasteiger partial charge on any atom is -0.350 e. The molecule has 0 spiro atoms. The van der Waals surface area contributed by atoms with E-state index in [2.05, 4.69) is 24.4 Å². The molecule has 1 amide bonds. The van der Waals surface area contributed by atoms with Crippen LogP contribution in [-0.4, -0.2) is 27.1 Å². The molecule has 0 saturated carbocycles. The van der Waals surface area contributed by atoms with E-state index >= 15 is 0 Å². The molecule has 8 heteroatoms. The van der Waals surface area contributed by atoms with Crippen LogP contribution in [-0.2, 0) is 14.8 Å². The molecule has 0 aliphatic carbocycles. The summed E-state index contributed by atoms with van der Waals surface area (Å²) in [6.07, 6.45) is 1.65. The number of amides is 1. The van der Waals surface area contributed by atoms with E-state index < -0.39 is 10.0 Å². The van der Waals surface area contributed by atoms with E-state index in [1.54, 1.807) is 12.1 Å². The lowest BCUT2D eigenvalue weighted by molar-refractivity contribution is -0.121. The maximum atomic E-state index is 12.5. The van der Waals surface area contributed by atoms with E-state index in [1.165, 1.54) is 21.5 Å². The molecule has 0 heterocycles. The van der Waals surface area contributed by atoms with Gasteiger partial charge in [-0.2, -0.15) is 0 Å². The molecule has 0 fully saturated rings. The summed E-state index contributed by atoms with van der Waals surface area (Å²) in [5.74, 6) is -0.134. The zero-order chi connectivity index (χ0) is 22.6. The first kappa shape index (κ1) is 24.5. The van der Waals surface area contributed by atoms with E-state index in [-0.39, 0.29) is 29.9 Å². The Morgan fingerprint density at radius 3 is 2.33 bits per heavy atom. The van der Waals surface area contributed by atoms with Gasteiger partial charge >= 0.3 is 0 Å². The molecule has 0 aliphatic rings. The first-order valence-corrected chi connectivity index (χ1v) is 12.3. The SMILES string of the molecule is Cc1cc(C)c([C@@H](C)NC(=O)CCCN(c2cc(Cl)ccc2Cl)S(C)(=O)=O)cc1C. The molecule has 0 unspecified atom stereocenters. The first-order valence-electron chi connectivity index (χ1n) is 9.70. The molecule has 164 valence electrons. The molecule has 0 saturated heterocycles. The molecule has 1 atom stereocenters.